The summed E-state index contributed by atoms with van der Waals surface area (Å²) < 4.78 is 5.73. The van der Waals surface area contributed by atoms with Crippen LogP contribution in [0.5, 0.6) is 5.75 Å². The fourth-order valence-electron chi connectivity index (χ4n) is 3.00. The Morgan fingerprint density at radius 3 is 2.38 bits per heavy atom. The SMILES string of the molecule is Cc1ccc(OCc2nc3ccccc3c3ccccc23)c([N+](=O)[O-])n1. The molecular weight excluding hydrogens is 330 g/mol. The van der Waals surface area contributed by atoms with Gasteiger partial charge in [0.1, 0.15) is 12.3 Å². The number of ether oxygens (including phenoxy) is 1. The minimum atomic E-state index is -0.533. The van der Waals surface area contributed by atoms with Gasteiger partial charge in [-0.2, -0.15) is 0 Å². The van der Waals surface area contributed by atoms with E-state index in [0.29, 0.717) is 5.69 Å². The van der Waals surface area contributed by atoms with E-state index < -0.39 is 4.92 Å². The summed E-state index contributed by atoms with van der Waals surface area (Å²) in [5.41, 5.74) is 2.16. The van der Waals surface area contributed by atoms with Gasteiger partial charge < -0.3 is 14.9 Å². The van der Waals surface area contributed by atoms with Crippen LogP contribution in [0.2, 0.25) is 0 Å². The van der Waals surface area contributed by atoms with Crippen molar-refractivity contribution >= 4 is 27.5 Å². The summed E-state index contributed by atoms with van der Waals surface area (Å²) >= 11 is 0. The molecule has 4 rings (SSSR count). The van der Waals surface area contributed by atoms with Crippen LogP contribution in [-0.2, 0) is 6.61 Å². The summed E-state index contributed by atoms with van der Waals surface area (Å²) in [5.74, 6) is -0.144. The standard InChI is InChI=1S/C20H15N3O3/c1-13-10-11-19(20(21-13)23(24)25)26-12-18-16-8-3-2-6-14(16)15-7-4-5-9-17(15)22-18/h2-11H,12H2,1H3. The first-order valence-corrected chi connectivity index (χ1v) is 8.14. The molecule has 6 nitrogen and oxygen atoms in total. The van der Waals surface area contributed by atoms with Gasteiger partial charge in [-0.25, -0.2) is 4.98 Å². The molecule has 0 spiro atoms. The summed E-state index contributed by atoms with van der Waals surface area (Å²) in [6.45, 7) is 1.83. The van der Waals surface area contributed by atoms with Gasteiger partial charge in [0, 0.05) is 17.7 Å². The molecule has 0 atom stereocenters. The Morgan fingerprint density at radius 1 is 0.923 bits per heavy atom. The van der Waals surface area contributed by atoms with Gasteiger partial charge >= 0.3 is 5.82 Å². The van der Waals surface area contributed by atoms with E-state index in [1.165, 1.54) is 0 Å². The zero-order valence-corrected chi connectivity index (χ0v) is 14.0. The van der Waals surface area contributed by atoms with E-state index in [4.69, 9.17) is 9.72 Å². The Kier molecular flexibility index (Phi) is 3.93. The Labute approximate surface area is 149 Å². The number of hydrogen-bond acceptors (Lipinski definition) is 5. The number of aromatic nitrogens is 2. The number of hydrogen-bond donors (Lipinski definition) is 0. The molecule has 2 heterocycles. The molecule has 6 heteroatoms. The predicted molar refractivity (Wildman–Crippen MR) is 99.2 cm³/mol. The number of nitrogens with zero attached hydrogens (tertiary/aromatic N) is 3. The minimum absolute atomic E-state index is 0.122. The Balaban J connectivity index is 1.77. The van der Waals surface area contributed by atoms with Crippen molar-refractivity contribution in [2.45, 2.75) is 13.5 Å². The summed E-state index contributed by atoms with van der Waals surface area (Å²) in [4.78, 5) is 19.3. The van der Waals surface area contributed by atoms with E-state index in [2.05, 4.69) is 4.98 Å². The van der Waals surface area contributed by atoms with Crippen LogP contribution in [0.4, 0.5) is 5.82 Å². The third-order valence-corrected chi connectivity index (χ3v) is 4.20. The lowest BCUT2D eigenvalue weighted by Gasteiger charge is -2.11. The molecular formula is C20H15N3O3. The summed E-state index contributed by atoms with van der Waals surface area (Å²) in [5, 5.41) is 14.3. The van der Waals surface area contributed by atoms with Crippen LogP contribution in [0.15, 0.2) is 60.7 Å². The first-order chi connectivity index (χ1) is 12.6. The van der Waals surface area contributed by atoms with Gasteiger partial charge in [-0.3, -0.25) is 0 Å². The lowest BCUT2D eigenvalue weighted by atomic mass is 10.0. The van der Waals surface area contributed by atoms with Crippen LogP contribution in [0.3, 0.4) is 0 Å². The topological polar surface area (TPSA) is 78.2 Å². The van der Waals surface area contributed by atoms with E-state index in [1.54, 1.807) is 19.1 Å². The van der Waals surface area contributed by atoms with Gasteiger partial charge in [-0.05, 0) is 33.5 Å². The number of para-hydroxylation sites is 1. The van der Waals surface area contributed by atoms with Crippen molar-refractivity contribution in [1.29, 1.82) is 0 Å². The highest BCUT2D eigenvalue weighted by atomic mass is 16.6. The molecule has 128 valence electrons. The number of fused-ring (bicyclic) bond motifs is 3. The van der Waals surface area contributed by atoms with Crippen molar-refractivity contribution in [3.05, 3.63) is 82.2 Å². The molecule has 2 aromatic heterocycles. The largest absolute Gasteiger partial charge is 0.479 e. The van der Waals surface area contributed by atoms with Crippen molar-refractivity contribution in [3.63, 3.8) is 0 Å². The zero-order valence-electron chi connectivity index (χ0n) is 14.0. The predicted octanol–water partition coefficient (Wildman–Crippen LogP) is 4.58. The average molecular weight is 345 g/mol. The molecule has 0 saturated carbocycles. The highest BCUT2D eigenvalue weighted by Gasteiger charge is 2.18. The van der Waals surface area contributed by atoms with Crippen molar-refractivity contribution in [1.82, 2.24) is 9.97 Å². The molecule has 0 aliphatic heterocycles. The van der Waals surface area contributed by atoms with Crippen LogP contribution < -0.4 is 4.74 Å². The first kappa shape index (κ1) is 16.0. The molecule has 0 aliphatic rings. The smallest absolute Gasteiger partial charge is 0.406 e. The van der Waals surface area contributed by atoms with Crippen molar-refractivity contribution in [2.75, 3.05) is 0 Å². The number of rotatable bonds is 4. The van der Waals surface area contributed by atoms with Crippen LogP contribution in [0.25, 0.3) is 21.7 Å². The fraction of sp³-hybridized carbons (Fsp3) is 0.100. The molecule has 0 bridgehead atoms. The molecule has 0 radical (unpaired) electrons. The maximum atomic E-state index is 11.2. The second-order valence-electron chi connectivity index (χ2n) is 5.94. The molecule has 0 N–H and O–H groups in total. The van der Waals surface area contributed by atoms with Crippen LogP contribution >= 0.6 is 0 Å². The van der Waals surface area contributed by atoms with E-state index >= 15 is 0 Å². The number of nitro groups is 1. The maximum Gasteiger partial charge on any atom is 0.406 e. The first-order valence-electron chi connectivity index (χ1n) is 8.14. The van der Waals surface area contributed by atoms with Crippen LogP contribution in [-0.4, -0.2) is 14.9 Å². The van der Waals surface area contributed by atoms with Crippen molar-refractivity contribution in [2.24, 2.45) is 0 Å². The monoisotopic (exact) mass is 345 g/mol. The van der Waals surface area contributed by atoms with Gasteiger partial charge in [0.25, 0.3) is 0 Å². The van der Waals surface area contributed by atoms with Gasteiger partial charge in [-0.15, -0.1) is 0 Å². The molecule has 4 aromatic rings. The lowest BCUT2D eigenvalue weighted by molar-refractivity contribution is -0.390. The molecule has 0 fully saturated rings. The maximum absolute atomic E-state index is 11.2. The Bertz CT molecular complexity index is 1140. The van der Waals surface area contributed by atoms with E-state index in [0.717, 1.165) is 27.4 Å². The Hall–Kier alpha value is -3.54. The zero-order chi connectivity index (χ0) is 18.1. The van der Waals surface area contributed by atoms with Crippen molar-refractivity contribution in [3.8, 4) is 5.75 Å². The summed E-state index contributed by atoms with van der Waals surface area (Å²) in [6, 6.07) is 19.1. The lowest BCUT2D eigenvalue weighted by Crippen LogP contribution is -2.04. The van der Waals surface area contributed by atoms with Gasteiger partial charge in [0.2, 0.25) is 5.75 Å². The second-order valence-corrected chi connectivity index (χ2v) is 5.94. The number of benzene rings is 2. The van der Waals surface area contributed by atoms with Crippen LogP contribution in [0, 0.1) is 17.0 Å². The molecule has 0 saturated heterocycles. The normalized spacial score (nSPS) is 11.0. The van der Waals surface area contributed by atoms with Gasteiger partial charge in [0.15, 0.2) is 0 Å². The molecule has 0 amide bonds. The molecule has 0 aliphatic carbocycles. The molecule has 26 heavy (non-hydrogen) atoms. The highest BCUT2D eigenvalue weighted by Crippen LogP contribution is 2.29. The summed E-state index contributed by atoms with van der Waals surface area (Å²) in [6.07, 6.45) is 0. The van der Waals surface area contributed by atoms with Crippen molar-refractivity contribution < 1.29 is 9.66 Å². The molecule has 2 aromatic carbocycles. The summed E-state index contributed by atoms with van der Waals surface area (Å²) in [7, 11) is 0. The Morgan fingerprint density at radius 2 is 1.62 bits per heavy atom. The third kappa shape index (κ3) is 2.82. The number of aryl methyl sites for hydroxylation is 1. The molecule has 0 unspecified atom stereocenters. The van der Waals surface area contributed by atoms with E-state index in [9.17, 15) is 10.1 Å². The highest BCUT2D eigenvalue weighted by molar-refractivity contribution is 6.06. The van der Waals surface area contributed by atoms with Crippen LogP contribution in [0.1, 0.15) is 11.4 Å². The van der Waals surface area contributed by atoms with Gasteiger partial charge in [0.05, 0.1) is 11.2 Å². The van der Waals surface area contributed by atoms with Gasteiger partial charge in [-0.1, -0.05) is 42.5 Å². The fourth-order valence-corrected chi connectivity index (χ4v) is 3.00. The second kappa shape index (κ2) is 6.40. The average Bonchev–Trinajstić information content (AvgIpc) is 2.66. The van der Waals surface area contributed by atoms with E-state index in [1.807, 2.05) is 48.5 Å². The minimum Gasteiger partial charge on any atom is -0.479 e. The third-order valence-electron chi connectivity index (χ3n) is 4.20. The quantitative estimate of drug-likeness (QED) is 0.307. The van der Waals surface area contributed by atoms with E-state index in [-0.39, 0.29) is 18.2 Å². The number of pyridine rings is 2.